The van der Waals surface area contributed by atoms with Gasteiger partial charge in [-0.25, -0.2) is 4.98 Å². The quantitative estimate of drug-likeness (QED) is 0.595. The maximum Gasteiger partial charge on any atom is 0.251 e. The zero-order valence-electron chi connectivity index (χ0n) is 15.5. The Kier molecular flexibility index (Phi) is 6.38. The van der Waals surface area contributed by atoms with Crippen LogP contribution in [0.4, 0.5) is 5.82 Å². The van der Waals surface area contributed by atoms with Gasteiger partial charge >= 0.3 is 0 Å². The standard InChI is InChI=1S/C19H20N6O2S/c1-13(21-18(27)14-8-4-3-5-9-14)17-23-24-19(25(17)2)28-12-16(26)22-15-10-6-7-11-20-15/h3-11,13H,12H2,1-2H3,(H,21,27)(H,20,22,26)/t13-/m1/s1. The summed E-state index contributed by atoms with van der Waals surface area (Å²) in [5.74, 6) is 0.924. The molecule has 0 bridgehead atoms. The van der Waals surface area contributed by atoms with E-state index in [0.29, 0.717) is 22.4 Å². The Morgan fingerprint density at radius 1 is 1.11 bits per heavy atom. The van der Waals surface area contributed by atoms with E-state index >= 15 is 0 Å². The molecule has 2 aromatic heterocycles. The van der Waals surface area contributed by atoms with E-state index in [0.717, 1.165) is 0 Å². The zero-order chi connectivity index (χ0) is 19.9. The summed E-state index contributed by atoms with van der Waals surface area (Å²) in [7, 11) is 1.81. The number of rotatable bonds is 7. The molecule has 0 spiro atoms. The number of aromatic nitrogens is 4. The van der Waals surface area contributed by atoms with E-state index in [1.807, 2.05) is 25.1 Å². The number of hydrogen-bond acceptors (Lipinski definition) is 6. The van der Waals surface area contributed by atoms with Crippen molar-refractivity contribution in [3.63, 3.8) is 0 Å². The van der Waals surface area contributed by atoms with Gasteiger partial charge in [0, 0.05) is 18.8 Å². The first-order chi connectivity index (χ1) is 13.5. The summed E-state index contributed by atoms with van der Waals surface area (Å²) in [6.45, 7) is 1.84. The summed E-state index contributed by atoms with van der Waals surface area (Å²) >= 11 is 1.26. The van der Waals surface area contributed by atoms with Crippen molar-refractivity contribution in [3.8, 4) is 0 Å². The molecule has 1 atom stereocenters. The van der Waals surface area contributed by atoms with E-state index in [-0.39, 0.29) is 23.6 Å². The second-order valence-electron chi connectivity index (χ2n) is 6.01. The van der Waals surface area contributed by atoms with Gasteiger partial charge in [-0.15, -0.1) is 10.2 Å². The minimum absolute atomic E-state index is 0.174. The summed E-state index contributed by atoms with van der Waals surface area (Å²) < 4.78 is 1.77. The number of carbonyl (C=O) groups excluding carboxylic acids is 2. The van der Waals surface area contributed by atoms with Crippen molar-refractivity contribution in [3.05, 3.63) is 66.1 Å². The van der Waals surface area contributed by atoms with Gasteiger partial charge in [-0.05, 0) is 31.2 Å². The average molecular weight is 396 g/mol. The highest BCUT2D eigenvalue weighted by molar-refractivity contribution is 7.99. The molecule has 0 unspecified atom stereocenters. The molecule has 8 nitrogen and oxygen atoms in total. The lowest BCUT2D eigenvalue weighted by atomic mass is 10.2. The topological polar surface area (TPSA) is 102 Å². The number of anilines is 1. The lowest BCUT2D eigenvalue weighted by molar-refractivity contribution is -0.113. The second kappa shape index (κ2) is 9.14. The highest BCUT2D eigenvalue weighted by atomic mass is 32.2. The molecule has 1 aromatic carbocycles. The molecule has 3 aromatic rings. The van der Waals surface area contributed by atoms with Crippen LogP contribution in [0.3, 0.4) is 0 Å². The Labute approximate surface area is 166 Å². The number of nitrogens with zero attached hydrogens (tertiary/aromatic N) is 4. The Morgan fingerprint density at radius 3 is 2.57 bits per heavy atom. The van der Waals surface area contributed by atoms with Crippen molar-refractivity contribution in [1.29, 1.82) is 0 Å². The van der Waals surface area contributed by atoms with Crippen LogP contribution in [-0.4, -0.2) is 37.3 Å². The van der Waals surface area contributed by atoms with E-state index in [1.165, 1.54) is 11.8 Å². The molecule has 9 heteroatoms. The number of hydrogen-bond donors (Lipinski definition) is 2. The predicted molar refractivity (Wildman–Crippen MR) is 107 cm³/mol. The van der Waals surface area contributed by atoms with Crippen molar-refractivity contribution in [2.45, 2.75) is 18.1 Å². The van der Waals surface area contributed by atoms with Crippen LogP contribution >= 0.6 is 11.8 Å². The van der Waals surface area contributed by atoms with Crippen molar-refractivity contribution >= 4 is 29.4 Å². The average Bonchev–Trinajstić information content (AvgIpc) is 3.08. The Morgan fingerprint density at radius 2 is 1.86 bits per heavy atom. The molecule has 2 amide bonds. The summed E-state index contributed by atoms with van der Waals surface area (Å²) in [5.41, 5.74) is 0.581. The fraction of sp³-hybridized carbons (Fsp3) is 0.211. The van der Waals surface area contributed by atoms with Gasteiger partial charge in [-0.3, -0.25) is 9.59 Å². The third kappa shape index (κ3) is 4.95. The Balaban J connectivity index is 1.57. The molecular weight excluding hydrogens is 376 g/mol. The van der Waals surface area contributed by atoms with E-state index in [1.54, 1.807) is 48.1 Å². The number of benzene rings is 1. The first-order valence-corrected chi connectivity index (χ1v) is 9.62. The molecular formula is C19H20N6O2S. The normalized spacial score (nSPS) is 11.6. The van der Waals surface area contributed by atoms with Crippen LogP contribution in [0, 0.1) is 0 Å². The van der Waals surface area contributed by atoms with Crippen LogP contribution in [0.1, 0.15) is 29.1 Å². The SMILES string of the molecule is C[C@@H](NC(=O)c1ccccc1)c1nnc(SCC(=O)Nc2ccccn2)n1C. The van der Waals surface area contributed by atoms with Crippen LogP contribution in [0.15, 0.2) is 59.9 Å². The van der Waals surface area contributed by atoms with Crippen LogP contribution in [0.2, 0.25) is 0 Å². The number of carbonyl (C=O) groups is 2. The molecule has 0 aliphatic rings. The number of thioether (sulfide) groups is 1. The molecule has 28 heavy (non-hydrogen) atoms. The van der Waals surface area contributed by atoms with Crippen LogP contribution in [-0.2, 0) is 11.8 Å². The van der Waals surface area contributed by atoms with Gasteiger partial charge in [0.25, 0.3) is 5.91 Å². The molecule has 2 heterocycles. The fourth-order valence-electron chi connectivity index (χ4n) is 2.51. The van der Waals surface area contributed by atoms with Crippen molar-refractivity contribution in [2.75, 3.05) is 11.1 Å². The maximum atomic E-state index is 12.3. The Hall–Kier alpha value is -3.20. The number of nitrogens with one attached hydrogen (secondary N) is 2. The maximum absolute atomic E-state index is 12.3. The lowest BCUT2D eigenvalue weighted by Gasteiger charge is -2.13. The molecule has 0 fully saturated rings. The van der Waals surface area contributed by atoms with E-state index in [2.05, 4.69) is 25.8 Å². The minimum Gasteiger partial charge on any atom is -0.342 e. The first kappa shape index (κ1) is 19.6. The highest BCUT2D eigenvalue weighted by Crippen LogP contribution is 2.19. The van der Waals surface area contributed by atoms with Gasteiger partial charge < -0.3 is 15.2 Å². The van der Waals surface area contributed by atoms with Crippen molar-refractivity contribution < 1.29 is 9.59 Å². The molecule has 0 radical (unpaired) electrons. The number of pyridine rings is 1. The highest BCUT2D eigenvalue weighted by Gasteiger charge is 2.19. The molecule has 0 saturated carbocycles. The Bertz CT molecular complexity index is 946. The minimum atomic E-state index is -0.332. The van der Waals surface area contributed by atoms with Crippen molar-refractivity contribution in [2.24, 2.45) is 7.05 Å². The van der Waals surface area contributed by atoms with Gasteiger partial charge in [-0.1, -0.05) is 36.0 Å². The van der Waals surface area contributed by atoms with E-state index < -0.39 is 0 Å². The molecule has 0 aliphatic heterocycles. The summed E-state index contributed by atoms with van der Waals surface area (Å²) in [5, 5.41) is 14.5. The first-order valence-electron chi connectivity index (χ1n) is 8.63. The largest absolute Gasteiger partial charge is 0.342 e. The molecule has 3 rings (SSSR count). The number of amides is 2. The van der Waals surface area contributed by atoms with Gasteiger partial charge in [-0.2, -0.15) is 0 Å². The predicted octanol–water partition coefficient (Wildman–Crippen LogP) is 2.43. The fourth-order valence-corrected chi connectivity index (χ4v) is 3.23. The summed E-state index contributed by atoms with van der Waals surface area (Å²) in [6, 6.07) is 14.0. The molecule has 2 N–H and O–H groups in total. The van der Waals surface area contributed by atoms with E-state index in [9.17, 15) is 9.59 Å². The third-order valence-corrected chi connectivity index (χ3v) is 4.92. The smallest absolute Gasteiger partial charge is 0.251 e. The van der Waals surface area contributed by atoms with Crippen LogP contribution in [0.5, 0.6) is 0 Å². The van der Waals surface area contributed by atoms with E-state index in [4.69, 9.17) is 0 Å². The summed E-state index contributed by atoms with van der Waals surface area (Å²) in [4.78, 5) is 28.4. The van der Waals surface area contributed by atoms with Gasteiger partial charge in [0.05, 0.1) is 11.8 Å². The molecule has 0 saturated heterocycles. The van der Waals surface area contributed by atoms with Crippen LogP contribution < -0.4 is 10.6 Å². The zero-order valence-corrected chi connectivity index (χ0v) is 16.3. The second-order valence-corrected chi connectivity index (χ2v) is 6.96. The molecule has 0 aliphatic carbocycles. The third-order valence-electron chi connectivity index (χ3n) is 3.90. The lowest BCUT2D eigenvalue weighted by Crippen LogP contribution is -2.28. The van der Waals surface area contributed by atoms with Gasteiger partial charge in [0.15, 0.2) is 11.0 Å². The van der Waals surface area contributed by atoms with Crippen molar-refractivity contribution in [1.82, 2.24) is 25.1 Å². The summed E-state index contributed by atoms with van der Waals surface area (Å²) in [6.07, 6.45) is 1.61. The monoisotopic (exact) mass is 396 g/mol. The van der Waals surface area contributed by atoms with Crippen LogP contribution in [0.25, 0.3) is 0 Å². The molecule has 144 valence electrons. The van der Waals surface area contributed by atoms with Gasteiger partial charge in [0.2, 0.25) is 5.91 Å². The van der Waals surface area contributed by atoms with Gasteiger partial charge in [0.1, 0.15) is 5.82 Å².